The van der Waals surface area contributed by atoms with Crippen molar-refractivity contribution in [1.29, 1.82) is 0 Å². The van der Waals surface area contributed by atoms with Crippen molar-refractivity contribution in [2.75, 3.05) is 6.16 Å². The molecule has 144 valence electrons. The van der Waals surface area contributed by atoms with E-state index in [1.165, 1.54) is 0 Å². The highest BCUT2D eigenvalue weighted by molar-refractivity contribution is 7.53. The van der Waals surface area contributed by atoms with Crippen LogP contribution in [0.1, 0.15) is 36.8 Å². The van der Waals surface area contributed by atoms with Crippen molar-refractivity contribution in [2.24, 2.45) is 5.41 Å². The van der Waals surface area contributed by atoms with Gasteiger partial charge in [0, 0.05) is 0 Å². The Morgan fingerprint density at radius 2 is 1.33 bits per heavy atom. The maximum atomic E-state index is 13.5. The molecule has 5 nitrogen and oxygen atoms in total. The third kappa shape index (κ3) is 5.29. The van der Waals surface area contributed by atoms with Crippen LogP contribution < -0.4 is 0 Å². The second kappa shape index (κ2) is 8.83. The lowest BCUT2D eigenvalue weighted by molar-refractivity contribution is -0.147. The van der Waals surface area contributed by atoms with Gasteiger partial charge < -0.3 is 14.2 Å². The zero-order chi connectivity index (χ0) is 19.2. The Morgan fingerprint density at radius 3 is 1.74 bits per heavy atom. The van der Waals surface area contributed by atoms with Crippen LogP contribution in [0.25, 0.3) is 0 Å². The van der Waals surface area contributed by atoms with Gasteiger partial charge in [0.2, 0.25) is 0 Å². The van der Waals surface area contributed by atoms with Crippen LogP contribution in [0.4, 0.5) is 0 Å². The highest BCUT2D eigenvalue weighted by Crippen LogP contribution is 2.57. The van der Waals surface area contributed by atoms with E-state index in [9.17, 15) is 14.5 Å². The van der Waals surface area contributed by atoms with Crippen LogP contribution in [0.2, 0.25) is 0 Å². The van der Waals surface area contributed by atoms with Gasteiger partial charge in [-0.25, -0.2) is 0 Å². The Kier molecular flexibility index (Phi) is 6.48. The minimum atomic E-state index is -3.60. The number of rotatable bonds is 9. The van der Waals surface area contributed by atoms with Gasteiger partial charge >= 0.3 is 13.6 Å². The molecule has 0 saturated heterocycles. The minimum Gasteiger partial charge on any atom is -0.481 e. The summed E-state index contributed by atoms with van der Waals surface area (Å²) in [7, 11) is -3.60. The Balaban J connectivity index is 1.76. The van der Waals surface area contributed by atoms with E-state index in [0.29, 0.717) is 12.8 Å². The summed E-state index contributed by atoms with van der Waals surface area (Å²) in [6.07, 6.45) is 2.58. The van der Waals surface area contributed by atoms with E-state index in [4.69, 9.17) is 9.05 Å². The van der Waals surface area contributed by atoms with Crippen LogP contribution in [0, 0.1) is 5.41 Å². The standard InChI is InChI=1S/C21H25O5P/c22-20(23)21(13-7-8-14-21)17-27(24,25-15-18-9-3-1-4-10-18)26-16-19-11-5-2-6-12-19/h1-6,9-12H,7-8,13-17H2,(H,22,23). The molecule has 0 aromatic heterocycles. The fourth-order valence-electron chi connectivity index (χ4n) is 3.48. The SMILES string of the molecule is O=C(O)C1(CP(=O)(OCc2ccccc2)OCc2ccccc2)CCCC1. The van der Waals surface area contributed by atoms with Crippen molar-refractivity contribution in [3.63, 3.8) is 0 Å². The smallest absolute Gasteiger partial charge is 0.332 e. The van der Waals surface area contributed by atoms with Gasteiger partial charge in [-0.2, -0.15) is 0 Å². The molecule has 0 atom stereocenters. The van der Waals surface area contributed by atoms with Crippen LogP contribution in [0.3, 0.4) is 0 Å². The average molecular weight is 388 g/mol. The predicted octanol–water partition coefficient (Wildman–Crippen LogP) is 5.26. The van der Waals surface area contributed by atoms with E-state index in [2.05, 4.69) is 0 Å². The highest BCUT2D eigenvalue weighted by Gasteiger charge is 2.48. The Morgan fingerprint density at radius 1 is 0.889 bits per heavy atom. The van der Waals surface area contributed by atoms with Crippen molar-refractivity contribution >= 4 is 13.6 Å². The van der Waals surface area contributed by atoms with Crippen LogP contribution in [0.5, 0.6) is 0 Å². The van der Waals surface area contributed by atoms with E-state index in [1.54, 1.807) is 0 Å². The third-order valence-electron chi connectivity index (χ3n) is 5.05. The minimum absolute atomic E-state index is 0.0883. The molecule has 1 aliphatic rings. The molecule has 1 aliphatic carbocycles. The quantitative estimate of drug-likeness (QED) is 0.594. The number of carboxylic acids is 1. The van der Waals surface area contributed by atoms with Gasteiger partial charge in [0.05, 0.1) is 24.8 Å². The lowest BCUT2D eigenvalue weighted by Gasteiger charge is -2.28. The topological polar surface area (TPSA) is 72.8 Å². The van der Waals surface area contributed by atoms with Gasteiger partial charge in [0.25, 0.3) is 0 Å². The molecule has 0 bridgehead atoms. The number of benzene rings is 2. The second-order valence-corrected chi connectivity index (χ2v) is 9.13. The summed E-state index contributed by atoms with van der Waals surface area (Å²) in [6.45, 7) is 0.255. The van der Waals surface area contributed by atoms with Gasteiger partial charge in [-0.15, -0.1) is 0 Å². The molecule has 1 fully saturated rings. The third-order valence-corrected chi connectivity index (χ3v) is 7.09. The van der Waals surface area contributed by atoms with E-state index >= 15 is 0 Å². The molecule has 1 N–H and O–H groups in total. The van der Waals surface area contributed by atoms with Crippen molar-refractivity contribution in [1.82, 2.24) is 0 Å². The van der Waals surface area contributed by atoms with E-state index in [-0.39, 0.29) is 19.4 Å². The molecule has 2 aromatic rings. The van der Waals surface area contributed by atoms with Gasteiger partial charge in [0.15, 0.2) is 0 Å². The molecule has 6 heteroatoms. The lowest BCUT2D eigenvalue weighted by Crippen LogP contribution is -2.32. The van der Waals surface area contributed by atoms with E-state index in [1.807, 2.05) is 60.7 Å². The van der Waals surface area contributed by atoms with Gasteiger partial charge in [-0.05, 0) is 24.0 Å². The number of hydrogen-bond acceptors (Lipinski definition) is 4. The fourth-order valence-corrected chi connectivity index (χ4v) is 5.63. The highest BCUT2D eigenvalue weighted by atomic mass is 31.2. The lowest BCUT2D eigenvalue weighted by atomic mass is 9.89. The zero-order valence-corrected chi connectivity index (χ0v) is 16.1. The molecular weight excluding hydrogens is 363 g/mol. The maximum Gasteiger partial charge on any atom is 0.332 e. The number of aliphatic carboxylic acids is 1. The number of hydrogen-bond donors (Lipinski definition) is 1. The van der Waals surface area contributed by atoms with Crippen molar-refractivity contribution in [2.45, 2.75) is 38.9 Å². The molecule has 2 aromatic carbocycles. The molecular formula is C21H25O5P. The van der Waals surface area contributed by atoms with Gasteiger partial charge in [-0.3, -0.25) is 9.36 Å². The van der Waals surface area contributed by atoms with Crippen molar-refractivity contribution in [3.8, 4) is 0 Å². The molecule has 0 radical (unpaired) electrons. The molecule has 0 heterocycles. The first kappa shape index (κ1) is 19.8. The largest absolute Gasteiger partial charge is 0.481 e. The van der Waals surface area contributed by atoms with Crippen LogP contribution in [-0.4, -0.2) is 17.2 Å². The summed E-state index contributed by atoms with van der Waals surface area (Å²) in [6, 6.07) is 18.8. The monoisotopic (exact) mass is 388 g/mol. The summed E-state index contributed by atoms with van der Waals surface area (Å²) in [5.74, 6) is -0.910. The fraction of sp³-hybridized carbons (Fsp3) is 0.381. The average Bonchev–Trinajstić information content (AvgIpc) is 3.16. The molecule has 0 amide bonds. The molecule has 27 heavy (non-hydrogen) atoms. The second-order valence-electron chi connectivity index (χ2n) is 7.08. The summed E-state index contributed by atoms with van der Waals surface area (Å²) in [5.41, 5.74) is 0.719. The van der Waals surface area contributed by atoms with E-state index in [0.717, 1.165) is 24.0 Å². The van der Waals surface area contributed by atoms with Crippen molar-refractivity contribution < 1.29 is 23.5 Å². The molecule has 1 saturated carbocycles. The summed E-state index contributed by atoms with van der Waals surface area (Å²) in [5, 5.41) is 9.77. The van der Waals surface area contributed by atoms with Gasteiger partial charge in [-0.1, -0.05) is 73.5 Å². The predicted molar refractivity (Wildman–Crippen MR) is 103 cm³/mol. The Bertz CT molecular complexity index is 737. The number of carbonyl (C=O) groups is 1. The Hall–Kier alpha value is -1.94. The first-order chi connectivity index (χ1) is 13.0. The first-order valence-corrected chi connectivity index (χ1v) is 10.9. The zero-order valence-electron chi connectivity index (χ0n) is 15.3. The number of carboxylic acid groups (broad SMARTS) is 1. The van der Waals surface area contributed by atoms with Gasteiger partial charge in [0.1, 0.15) is 0 Å². The summed E-state index contributed by atoms with van der Waals surface area (Å²) >= 11 is 0. The molecule has 3 rings (SSSR count). The maximum absolute atomic E-state index is 13.5. The summed E-state index contributed by atoms with van der Waals surface area (Å²) in [4.78, 5) is 11.9. The normalized spacial score (nSPS) is 16.3. The molecule has 0 spiro atoms. The first-order valence-electron chi connectivity index (χ1n) is 9.21. The van der Waals surface area contributed by atoms with Crippen LogP contribution in [-0.2, 0) is 31.6 Å². The molecule has 0 aliphatic heterocycles. The molecule has 0 unspecified atom stereocenters. The van der Waals surface area contributed by atoms with E-state index < -0.39 is 19.0 Å². The van der Waals surface area contributed by atoms with Crippen molar-refractivity contribution in [3.05, 3.63) is 71.8 Å². The van der Waals surface area contributed by atoms with Crippen LogP contribution >= 0.6 is 7.60 Å². The van der Waals surface area contributed by atoms with Crippen LogP contribution in [0.15, 0.2) is 60.7 Å². The Labute approximate surface area is 159 Å². The summed E-state index contributed by atoms with van der Waals surface area (Å²) < 4.78 is 25.0.